The van der Waals surface area contributed by atoms with Crippen LogP contribution >= 0.6 is 0 Å². The van der Waals surface area contributed by atoms with Crippen molar-refractivity contribution in [2.24, 2.45) is 5.92 Å². The number of phenolic OH excluding ortho intramolecular Hbond substituents is 2. The summed E-state index contributed by atoms with van der Waals surface area (Å²) in [6.45, 7) is 5.40. The van der Waals surface area contributed by atoms with Gasteiger partial charge in [-0.1, -0.05) is 13.8 Å². The van der Waals surface area contributed by atoms with E-state index in [-0.39, 0.29) is 29.4 Å². The number of rotatable bonds is 6. The molecule has 2 N–H and O–H groups in total. The highest BCUT2D eigenvalue weighted by Crippen LogP contribution is 2.23. The van der Waals surface area contributed by atoms with Crippen LogP contribution in [0.25, 0.3) is 0 Å². The van der Waals surface area contributed by atoms with Crippen LogP contribution in [-0.2, 0) is 0 Å². The van der Waals surface area contributed by atoms with Crippen LogP contribution in [0, 0.1) is 5.92 Å². The Morgan fingerprint density at radius 1 is 1.33 bits per heavy atom. The molecule has 0 unspecified atom stereocenters. The normalized spacial score (nSPS) is 11.2. The minimum Gasteiger partial charge on any atom is -0.508 e. The predicted octanol–water partition coefficient (Wildman–Crippen LogP) is 2.26. The summed E-state index contributed by atoms with van der Waals surface area (Å²) in [5.41, 5.74) is 0.254. The van der Waals surface area contributed by atoms with Gasteiger partial charge in [0.1, 0.15) is 11.5 Å². The fourth-order valence-electron chi connectivity index (χ4n) is 1.64. The van der Waals surface area contributed by atoms with Gasteiger partial charge in [-0.15, -0.1) is 0 Å². The molecule has 0 radical (unpaired) electrons. The van der Waals surface area contributed by atoms with E-state index in [4.69, 9.17) is 5.11 Å². The molecule has 0 aliphatic heterocycles. The van der Waals surface area contributed by atoms with Crippen LogP contribution in [0.2, 0.25) is 0 Å². The molecule has 0 aliphatic carbocycles. The number of carbonyl (C=O) groups excluding carboxylic acids is 1. The lowest BCUT2D eigenvalue weighted by Crippen LogP contribution is -2.27. The third-order valence-electron chi connectivity index (χ3n) is 2.78. The molecular formula is C14H21NO3. The van der Waals surface area contributed by atoms with Crippen LogP contribution in [0.3, 0.4) is 0 Å². The van der Waals surface area contributed by atoms with Gasteiger partial charge in [0.05, 0.1) is 12.1 Å². The number of aromatic hydroxyl groups is 2. The zero-order valence-electron chi connectivity index (χ0n) is 11.2. The fourth-order valence-corrected chi connectivity index (χ4v) is 1.64. The molecule has 0 spiro atoms. The number of hydrogen-bond donors (Lipinski definition) is 2. The molecule has 18 heavy (non-hydrogen) atoms. The molecule has 4 heteroatoms. The van der Waals surface area contributed by atoms with Crippen molar-refractivity contribution < 1.29 is 15.0 Å². The Balaban J connectivity index is 2.59. The molecule has 1 aromatic carbocycles. The van der Waals surface area contributed by atoms with E-state index >= 15 is 0 Å². The van der Waals surface area contributed by atoms with E-state index in [9.17, 15) is 9.90 Å². The summed E-state index contributed by atoms with van der Waals surface area (Å²) in [5, 5.41) is 18.8. The highest BCUT2D eigenvalue weighted by molar-refractivity contribution is 6.00. The lowest BCUT2D eigenvalue weighted by atomic mass is 10.1. The number of benzene rings is 1. The maximum Gasteiger partial charge on any atom is 0.180 e. The highest BCUT2D eigenvalue weighted by Gasteiger charge is 2.14. The van der Waals surface area contributed by atoms with Gasteiger partial charge < -0.3 is 10.2 Å². The maximum atomic E-state index is 11.9. The van der Waals surface area contributed by atoms with Crippen molar-refractivity contribution in [3.8, 4) is 11.5 Å². The van der Waals surface area contributed by atoms with Crippen molar-refractivity contribution in [3.05, 3.63) is 23.8 Å². The second-order valence-electron chi connectivity index (χ2n) is 5.04. The number of hydrogen-bond acceptors (Lipinski definition) is 4. The number of nitrogens with zero attached hydrogens (tertiary/aromatic N) is 1. The van der Waals surface area contributed by atoms with Crippen LogP contribution < -0.4 is 0 Å². The lowest BCUT2D eigenvalue weighted by molar-refractivity contribution is 0.0941. The maximum absolute atomic E-state index is 11.9. The standard InChI is InChI=1S/C14H21NO3/c1-10(2)6-7-15(3)9-14(18)12-5-4-11(16)8-13(12)17/h4-5,8,10,16-17H,6-7,9H2,1-3H3. The van der Waals surface area contributed by atoms with Gasteiger partial charge in [0.25, 0.3) is 0 Å². The monoisotopic (exact) mass is 251 g/mol. The predicted molar refractivity (Wildman–Crippen MR) is 71.1 cm³/mol. The van der Waals surface area contributed by atoms with Crippen molar-refractivity contribution in [1.29, 1.82) is 0 Å². The van der Waals surface area contributed by atoms with Crippen molar-refractivity contribution in [3.63, 3.8) is 0 Å². The van der Waals surface area contributed by atoms with E-state index < -0.39 is 0 Å². The Labute approximate surface area is 108 Å². The Kier molecular flexibility index (Phi) is 5.16. The summed E-state index contributed by atoms with van der Waals surface area (Å²) < 4.78 is 0. The first-order valence-electron chi connectivity index (χ1n) is 6.14. The number of Topliss-reactive ketones (excluding diaryl/α,β-unsaturated/α-hetero) is 1. The highest BCUT2D eigenvalue weighted by atomic mass is 16.3. The number of carbonyl (C=O) groups is 1. The van der Waals surface area contributed by atoms with Crippen LogP contribution in [0.4, 0.5) is 0 Å². The average Bonchev–Trinajstić information content (AvgIpc) is 2.26. The molecule has 0 amide bonds. The molecule has 0 saturated heterocycles. The SMILES string of the molecule is CC(C)CCN(C)CC(=O)c1ccc(O)cc1O. The summed E-state index contributed by atoms with van der Waals surface area (Å²) in [6.07, 6.45) is 1.03. The number of phenols is 2. The van der Waals surface area contributed by atoms with E-state index in [1.165, 1.54) is 18.2 Å². The molecule has 1 rings (SSSR count). The Morgan fingerprint density at radius 2 is 2.00 bits per heavy atom. The van der Waals surface area contributed by atoms with E-state index in [0.717, 1.165) is 13.0 Å². The van der Waals surface area contributed by atoms with Crippen molar-refractivity contribution in [1.82, 2.24) is 4.90 Å². The first kappa shape index (κ1) is 14.5. The van der Waals surface area contributed by atoms with Gasteiger partial charge in [-0.25, -0.2) is 0 Å². The Hall–Kier alpha value is -1.55. The van der Waals surface area contributed by atoms with Gasteiger partial charge in [-0.2, -0.15) is 0 Å². The quantitative estimate of drug-likeness (QED) is 0.761. The van der Waals surface area contributed by atoms with E-state index in [1.807, 2.05) is 11.9 Å². The molecule has 100 valence electrons. The van der Waals surface area contributed by atoms with Crippen LogP contribution in [-0.4, -0.2) is 41.0 Å². The molecule has 0 bridgehead atoms. The summed E-state index contributed by atoms with van der Waals surface area (Å²) in [7, 11) is 1.89. The third-order valence-corrected chi connectivity index (χ3v) is 2.78. The molecule has 0 saturated carbocycles. The first-order valence-corrected chi connectivity index (χ1v) is 6.14. The zero-order valence-corrected chi connectivity index (χ0v) is 11.2. The topological polar surface area (TPSA) is 60.8 Å². The van der Waals surface area contributed by atoms with Gasteiger partial charge in [0.2, 0.25) is 0 Å². The summed E-state index contributed by atoms with van der Waals surface area (Å²) in [6, 6.07) is 4.03. The minimum atomic E-state index is -0.169. The van der Waals surface area contributed by atoms with Gasteiger partial charge in [0, 0.05) is 6.07 Å². The zero-order chi connectivity index (χ0) is 13.7. The van der Waals surface area contributed by atoms with Crippen LogP contribution in [0.5, 0.6) is 11.5 Å². The number of ketones is 1. The van der Waals surface area contributed by atoms with Crippen LogP contribution in [0.15, 0.2) is 18.2 Å². The summed E-state index contributed by atoms with van der Waals surface area (Å²) in [5.74, 6) is 0.248. The minimum absolute atomic E-state index is 0.0442. The first-order chi connectivity index (χ1) is 8.40. The molecule has 0 aliphatic rings. The van der Waals surface area contributed by atoms with E-state index in [0.29, 0.717) is 5.92 Å². The van der Waals surface area contributed by atoms with E-state index in [2.05, 4.69) is 13.8 Å². The van der Waals surface area contributed by atoms with Crippen molar-refractivity contribution in [2.75, 3.05) is 20.1 Å². The molecule has 0 aromatic heterocycles. The fraction of sp³-hybridized carbons (Fsp3) is 0.500. The van der Waals surface area contributed by atoms with Gasteiger partial charge in [-0.3, -0.25) is 9.69 Å². The molecule has 0 fully saturated rings. The summed E-state index contributed by atoms with van der Waals surface area (Å²) in [4.78, 5) is 13.9. The molecular weight excluding hydrogens is 230 g/mol. The largest absolute Gasteiger partial charge is 0.508 e. The van der Waals surface area contributed by atoms with Gasteiger partial charge in [-0.05, 0) is 38.1 Å². The lowest BCUT2D eigenvalue weighted by Gasteiger charge is -2.17. The molecule has 0 atom stereocenters. The van der Waals surface area contributed by atoms with E-state index in [1.54, 1.807) is 0 Å². The molecule has 1 aromatic rings. The third kappa shape index (κ3) is 4.37. The number of likely N-dealkylation sites (N-methyl/N-ethyl adjacent to an activating group) is 1. The van der Waals surface area contributed by atoms with Crippen molar-refractivity contribution in [2.45, 2.75) is 20.3 Å². The average molecular weight is 251 g/mol. The van der Waals surface area contributed by atoms with Crippen molar-refractivity contribution >= 4 is 5.78 Å². The second kappa shape index (κ2) is 6.40. The summed E-state index contributed by atoms with van der Waals surface area (Å²) >= 11 is 0. The van der Waals surface area contributed by atoms with Gasteiger partial charge in [0.15, 0.2) is 5.78 Å². The Morgan fingerprint density at radius 3 is 2.56 bits per heavy atom. The van der Waals surface area contributed by atoms with Crippen LogP contribution in [0.1, 0.15) is 30.6 Å². The smallest absolute Gasteiger partial charge is 0.180 e. The molecule has 0 heterocycles. The van der Waals surface area contributed by atoms with Gasteiger partial charge >= 0.3 is 0 Å². The second-order valence-corrected chi connectivity index (χ2v) is 5.04. The Bertz CT molecular complexity index is 416. The molecule has 4 nitrogen and oxygen atoms in total.